The topological polar surface area (TPSA) is 17.1 Å². The molecular weight excluding hydrogens is 174 g/mol. The molecule has 1 aromatic carbocycles. The molecule has 0 atom stereocenters. The molecule has 13 heavy (non-hydrogen) atoms. The summed E-state index contributed by atoms with van der Waals surface area (Å²) in [5, 5.41) is 0. The summed E-state index contributed by atoms with van der Waals surface area (Å²) in [6.45, 7) is 4.16. The number of rotatable bonds is 1. The second kappa shape index (κ2) is 3.24. The molecule has 70 valence electrons. The van der Waals surface area contributed by atoms with Gasteiger partial charge in [0.1, 0.15) is 11.6 Å². The molecule has 0 radical (unpaired) electrons. The van der Waals surface area contributed by atoms with Crippen molar-refractivity contribution >= 4 is 5.78 Å². The second-order valence-electron chi connectivity index (χ2n) is 3.03. The number of halogens is 2. The standard InChI is InChI=1S/C10H10F2O/c1-5-6(2)10(12)8(7(3)13)4-9(5)11/h4H,1-3H3. The molecular formula is C10H10F2O. The van der Waals surface area contributed by atoms with Gasteiger partial charge in [-0.1, -0.05) is 0 Å². The predicted octanol–water partition coefficient (Wildman–Crippen LogP) is 2.78. The molecule has 0 saturated carbocycles. The Labute approximate surface area is 75.4 Å². The largest absolute Gasteiger partial charge is 0.294 e. The van der Waals surface area contributed by atoms with Crippen LogP contribution in [0.25, 0.3) is 0 Å². The second-order valence-corrected chi connectivity index (χ2v) is 3.03. The molecule has 0 heterocycles. The average molecular weight is 184 g/mol. The Morgan fingerprint density at radius 3 is 2.23 bits per heavy atom. The van der Waals surface area contributed by atoms with Gasteiger partial charge in [0.2, 0.25) is 0 Å². The van der Waals surface area contributed by atoms with Crippen molar-refractivity contribution in [1.82, 2.24) is 0 Å². The van der Waals surface area contributed by atoms with Crippen molar-refractivity contribution in [3.8, 4) is 0 Å². The first kappa shape index (κ1) is 9.84. The third-order valence-corrected chi connectivity index (χ3v) is 2.14. The van der Waals surface area contributed by atoms with E-state index in [1.165, 1.54) is 20.8 Å². The summed E-state index contributed by atoms with van der Waals surface area (Å²) in [4.78, 5) is 10.9. The van der Waals surface area contributed by atoms with E-state index in [1.54, 1.807) is 0 Å². The molecule has 0 saturated heterocycles. The van der Waals surface area contributed by atoms with Gasteiger partial charge in [-0.05, 0) is 38.0 Å². The van der Waals surface area contributed by atoms with Gasteiger partial charge in [-0.25, -0.2) is 8.78 Å². The van der Waals surface area contributed by atoms with Crippen LogP contribution in [0.5, 0.6) is 0 Å². The van der Waals surface area contributed by atoms with Crippen LogP contribution in [-0.2, 0) is 0 Å². The van der Waals surface area contributed by atoms with Gasteiger partial charge < -0.3 is 0 Å². The highest BCUT2D eigenvalue weighted by atomic mass is 19.1. The molecule has 0 amide bonds. The van der Waals surface area contributed by atoms with Crippen molar-refractivity contribution in [2.75, 3.05) is 0 Å². The molecule has 0 aliphatic carbocycles. The van der Waals surface area contributed by atoms with Gasteiger partial charge in [-0.15, -0.1) is 0 Å². The molecule has 0 aliphatic rings. The highest BCUT2D eigenvalue weighted by Gasteiger charge is 2.14. The van der Waals surface area contributed by atoms with E-state index in [0.717, 1.165) is 6.07 Å². The van der Waals surface area contributed by atoms with Crippen LogP contribution in [0.2, 0.25) is 0 Å². The van der Waals surface area contributed by atoms with Crippen LogP contribution in [0.15, 0.2) is 6.07 Å². The molecule has 0 bridgehead atoms. The van der Waals surface area contributed by atoms with Crippen LogP contribution in [0.3, 0.4) is 0 Å². The number of ketones is 1. The zero-order valence-electron chi connectivity index (χ0n) is 7.74. The Balaban J connectivity index is 3.50. The van der Waals surface area contributed by atoms with Gasteiger partial charge in [-0.2, -0.15) is 0 Å². The Morgan fingerprint density at radius 2 is 1.77 bits per heavy atom. The first-order valence-corrected chi connectivity index (χ1v) is 3.91. The number of carbonyl (C=O) groups is 1. The van der Waals surface area contributed by atoms with E-state index in [4.69, 9.17) is 0 Å². The van der Waals surface area contributed by atoms with E-state index in [2.05, 4.69) is 0 Å². The van der Waals surface area contributed by atoms with E-state index in [0.29, 0.717) is 0 Å². The van der Waals surface area contributed by atoms with Gasteiger partial charge in [-0.3, -0.25) is 4.79 Å². The van der Waals surface area contributed by atoms with Gasteiger partial charge in [0.25, 0.3) is 0 Å². The Hall–Kier alpha value is -1.25. The maximum atomic E-state index is 13.3. The predicted molar refractivity (Wildman–Crippen MR) is 45.8 cm³/mol. The van der Waals surface area contributed by atoms with Gasteiger partial charge >= 0.3 is 0 Å². The third kappa shape index (κ3) is 1.59. The number of hydrogen-bond donors (Lipinski definition) is 0. The van der Waals surface area contributed by atoms with E-state index in [9.17, 15) is 13.6 Å². The van der Waals surface area contributed by atoms with E-state index in [-0.39, 0.29) is 16.7 Å². The minimum Gasteiger partial charge on any atom is -0.294 e. The maximum Gasteiger partial charge on any atom is 0.162 e. The summed E-state index contributed by atoms with van der Waals surface area (Å²) in [6, 6.07) is 0.944. The molecule has 0 N–H and O–H groups in total. The first-order chi connectivity index (χ1) is 5.95. The lowest BCUT2D eigenvalue weighted by molar-refractivity contribution is 0.101. The Kier molecular flexibility index (Phi) is 2.45. The number of hydrogen-bond acceptors (Lipinski definition) is 1. The fraction of sp³-hybridized carbons (Fsp3) is 0.300. The molecule has 3 heteroatoms. The molecule has 0 spiro atoms. The third-order valence-electron chi connectivity index (χ3n) is 2.14. The van der Waals surface area contributed by atoms with Crippen LogP contribution >= 0.6 is 0 Å². The molecule has 1 aromatic rings. The highest BCUT2D eigenvalue weighted by Crippen LogP contribution is 2.19. The normalized spacial score (nSPS) is 10.2. The van der Waals surface area contributed by atoms with Crippen molar-refractivity contribution in [2.24, 2.45) is 0 Å². The lowest BCUT2D eigenvalue weighted by atomic mass is 10.0. The zero-order chi connectivity index (χ0) is 10.2. The Bertz CT molecular complexity index is 370. The quantitative estimate of drug-likeness (QED) is 0.613. The molecule has 1 nitrogen and oxygen atoms in total. The fourth-order valence-electron chi connectivity index (χ4n) is 1.10. The van der Waals surface area contributed by atoms with Gasteiger partial charge in [0.05, 0.1) is 5.56 Å². The van der Waals surface area contributed by atoms with Crippen LogP contribution in [0.1, 0.15) is 28.4 Å². The Morgan fingerprint density at radius 1 is 1.23 bits per heavy atom. The summed E-state index contributed by atoms with van der Waals surface area (Å²) in [6.07, 6.45) is 0. The zero-order valence-corrected chi connectivity index (χ0v) is 7.74. The summed E-state index contributed by atoms with van der Waals surface area (Å²) >= 11 is 0. The van der Waals surface area contributed by atoms with Crippen molar-refractivity contribution in [3.05, 3.63) is 34.4 Å². The maximum absolute atomic E-state index is 13.3. The lowest BCUT2D eigenvalue weighted by Gasteiger charge is -2.06. The van der Waals surface area contributed by atoms with Crippen LogP contribution in [-0.4, -0.2) is 5.78 Å². The monoisotopic (exact) mass is 184 g/mol. The van der Waals surface area contributed by atoms with Crippen molar-refractivity contribution in [1.29, 1.82) is 0 Å². The minimum absolute atomic E-state index is 0.180. The van der Waals surface area contributed by atoms with Gasteiger partial charge in [0.15, 0.2) is 5.78 Å². The first-order valence-electron chi connectivity index (χ1n) is 3.91. The van der Waals surface area contributed by atoms with Crippen LogP contribution in [0.4, 0.5) is 8.78 Å². The van der Waals surface area contributed by atoms with Crippen molar-refractivity contribution in [3.63, 3.8) is 0 Å². The van der Waals surface area contributed by atoms with Crippen LogP contribution < -0.4 is 0 Å². The van der Waals surface area contributed by atoms with Crippen LogP contribution in [0, 0.1) is 25.5 Å². The summed E-state index contributed by atoms with van der Waals surface area (Å²) < 4.78 is 26.4. The SMILES string of the molecule is CC(=O)c1cc(F)c(C)c(C)c1F. The van der Waals surface area contributed by atoms with Gasteiger partial charge in [0, 0.05) is 0 Å². The molecule has 0 unspecified atom stereocenters. The van der Waals surface area contributed by atoms with E-state index < -0.39 is 17.4 Å². The fourth-order valence-corrected chi connectivity index (χ4v) is 1.10. The van der Waals surface area contributed by atoms with E-state index in [1.807, 2.05) is 0 Å². The number of Topliss-reactive ketones (excluding diaryl/α,β-unsaturated/α-hetero) is 1. The van der Waals surface area contributed by atoms with Crippen molar-refractivity contribution < 1.29 is 13.6 Å². The summed E-state index contributed by atoms with van der Waals surface area (Å²) in [7, 11) is 0. The molecule has 0 aliphatic heterocycles. The molecule has 1 rings (SSSR count). The lowest BCUT2D eigenvalue weighted by Crippen LogP contribution is -2.03. The molecule has 0 fully saturated rings. The van der Waals surface area contributed by atoms with E-state index >= 15 is 0 Å². The number of carbonyl (C=O) groups excluding carboxylic acids is 1. The minimum atomic E-state index is -0.619. The number of benzene rings is 1. The average Bonchev–Trinajstić information content (AvgIpc) is 2.07. The summed E-state index contributed by atoms with van der Waals surface area (Å²) in [5.74, 6) is -1.62. The smallest absolute Gasteiger partial charge is 0.162 e. The summed E-state index contributed by atoms with van der Waals surface area (Å²) in [5.41, 5.74) is 0.272. The molecule has 0 aromatic heterocycles. The highest BCUT2D eigenvalue weighted by molar-refractivity contribution is 5.94. The van der Waals surface area contributed by atoms with Crippen molar-refractivity contribution in [2.45, 2.75) is 20.8 Å².